The Kier molecular flexibility index (Phi) is 2.90. The summed E-state index contributed by atoms with van der Waals surface area (Å²) in [4.78, 5) is 22.3. The van der Waals surface area contributed by atoms with Gasteiger partial charge in [0, 0.05) is 24.5 Å². The number of carbonyl (C=O) groups excluding carboxylic acids is 2. The highest BCUT2D eigenvalue weighted by Gasteiger charge is 2.23. The van der Waals surface area contributed by atoms with Crippen LogP contribution in [0.1, 0.15) is 25.3 Å². The van der Waals surface area contributed by atoms with Crippen molar-refractivity contribution < 1.29 is 9.59 Å². The van der Waals surface area contributed by atoms with E-state index in [2.05, 4.69) is 16.8 Å². The number of aromatic nitrogens is 1. The lowest BCUT2D eigenvalue weighted by molar-refractivity contribution is -0.124. The fourth-order valence-electron chi connectivity index (χ4n) is 1.76. The van der Waals surface area contributed by atoms with Crippen LogP contribution in [0.4, 0.5) is 0 Å². The highest BCUT2D eigenvalue weighted by Crippen LogP contribution is 2.15. The average Bonchev–Trinajstić information content (AvgIpc) is 2.76. The summed E-state index contributed by atoms with van der Waals surface area (Å²) in [6.07, 6.45) is 6.99. The fraction of sp³-hybridized carbons (Fsp3) is 0.333. The third-order valence-electron chi connectivity index (χ3n) is 2.49. The van der Waals surface area contributed by atoms with E-state index >= 15 is 0 Å². The monoisotopic (exact) mass is 218 g/mol. The molecule has 0 aliphatic carbocycles. The molecule has 1 aromatic rings. The molecule has 16 heavy (non-hydrogen) atoms. The van der Waals surface area contributed by atoms with Crippen molar-refractivity contribution in [2.24, 2.45) is 0 Å². The number of imide groups is 1. The summed E-state index contributed by atoms with van der Waals surface area (Å²) in [7, 11) is 0. The first-order valence-corrected chi connectivity index (χ1v) is 5.39. The molecular weight excluding hydrogens is 204 g/mol. The molecule has 4 heteroatoms. The second-order valence-corrected chi connectivity index (χ2v) is 3.91. The van der Waals surface area contributed by atoms with Gasteiger partial charge in [0.25, 0.3) is 5.91 Å². The van der Waals surface area contributed by atoms with Crippen LogP contribution in [0.15, 0.2) is 24.0 Å². The first-order valence-electron chi connectivity index (χ1n) is 5.39. The summed E-state index contributed by atoms with van der Waals surface area (Å²) in [5.74, 6) is -0.488. The number of nitrogens with zero attached hydrogens (tertiary/aromatic N) is 1. The summed E-state index contributed by atoms with van der Waals surface area (Å²) in [5.41, 5.74) is 1.51. The molecule has 0 unspecified atom stereocenters. The zero-order valence-electron chi connectivity index (χ0n) is 9.19. The quantitative estimate of drug-likeness (QED) is 0.614. The van der Waals surface area contributed by atoms with Gasteiger partial charge in [0.2, 0.25) is 5.91 Å². The molecule has 1 aliphatic rings. The molecule has 0 atom stereocenters. The predicted molar refractivity (Wildman–Crippen MR) is 60.5 cm³/mol. The molecule has 2 rings (SSSR count). The minimum absolute atomic E-state index is 0.192. The summed E-state index contributed by atoms with van der Waals surface area (Å²) in [6.45, 7) is 3.08. The van der Waals surface area contributed by atoms with Crippen LogP contribution in [-0.2, 0) is 16.1 Å². The lowest BCUT2D eigenvalue weighted by Gasteiger charge is -1.96. The first-order chi connectivity index (χ1) is 7.69. The van der Waals surface area contributed by atoms with E-state index in [1.54, 1.807) is 6.08 Å². The van der Waals surface area contributed by atoms with E-state index in [4.69, 9.17) is 0 Å². The van der Waals surface area contributed by atoms with Crippen LogP contribution in [0.5, 0.6) is 0 Å². The Morgan fingerprint density at radius 3 is 2.94 bits per heavy atom. The van der Waals surface area contributed by atoms with Crippen LogP contribution in [0.25, 0.3) is 6.08 Å². The molecule has 0 bridgehead atoms. The van der Waals surface area contributed by atoms with Gasteiger partial charge < -0.3 is 4.57 Å². The Hall–Kier alpha value is -1.84. The SMILES string of the molecule is CCCn1ccc(C=C2CC(=O)NC2=O)c1. The molecule has 1 N–H and O–H groups in total. The second-order valence-electron chi connectivity index (χ2n) is 3.91. The zero-order chi connectivity index (χ0) is 11.5. The second kappa shape index (κ2) is 4.35. The van der Waals surface area contributed by atoms with Crippen molar-refractivity contribution in [2.75, 3.05) is 0 Å². The van der Waals surface area contributed by atoms with E-state index in [-0.39, 0.29) is 18.2 Å². The Morgan fingerprint density at radius 2 is 2.31 bits per heavy atom. The molecule has 1 aromatic heterocycles. The topological polar surface area (TPSA) is 51.1 Å². The van der Waals surface area contributed by atoms with Gasteiger partial charge in [0.15, 0.2) is 0 Å². The van der Waals surface area contributed by atoms with Crippen LogP contribution in [-0.4, -0.2) is 16.4 Å². The summed E-state index contributed by atoms with van der Waals surface area (Å²) < 4.78 is 2.07. The highest BCUT2D eigenvalue weighted by atomic mass is 16.2. The number of aryl methyl sites for hydroxylation is 1. The number of carbonyl (C=O) groups is 2. The van der Waals surface area contributed by atoms with Gasteiger partial charge in [-0.15, -0.1) is 0 Å². The molecule has 0 spiro atoms. The van der Waals surface area contributed by atoms with Crippen molar-refractivity contribution in [3.63, 3.8) is 0 Å². The lowest BCUT2D eigenvalue weighted by Crippen LogP contribution is -2.19. The summed E-state index contributed by atoms with van der Waals surface area (Å²) in [6, 6.07) is 1.94. The van der Waals surface area contributed by atoms with Crippen molar-refractivity contribution in [3.8, 4) is 0 Å². The van der Waals surface area contributed by atoms with Gasteiger partial charge in [-0.1, -0.05) is 6.92 Å². The number of hydrogen-bond donors (Lipinski definition) is 1. The predicted octanol–water partition coefficient (Wildman–Crippen LogP) is 1.33. The maximum Gasteiger partial charge on any atom is 0.254 e. The molecule has 0 aromatic carbocycles. The first kappa shape index (κ1) is 10.7. The molecule has 1 aliphatic heterocycles. The van der Waals surface area contributed by atoms with Crippen LogP contribution in [0, 0.1) is 0 Å². The van der Waals surface area contributed by atoms with Crippen molar-refractivity contribution in [3.05, 3.63) is 29.6 Å². The van der Waals surface area contributed by atoms with Crippen molar-refractivity contribution in [1.29, 1.82) is 0 Å². The van der Waals surface area contributed by atoms with E-state index in [0.717, 1.165) is 18.5 Å². The molecule has 84 valence electrons. The lowest BCUT2D eigenvalue weighted by atomic mass is 10.1. The van der Waals surface area contributed by atoms with E-state index in [9.17, 15) is 9.59 Å². The zero-order valence-corrected chi connectivity index (χ0v) is 9.19. The van der Waals surface area contributed by atoms with Gasteiger partial charge in [-0.25, -0.2) is 0 Å². The highest BCUT2D eigenvalue weighted by molar-refractivity contribution is 6.15. The molecule has 2 amide bonds. The van der Waals surface area contributed by atoms with Crippen LogP contribution < -0.4 is 5.32 Å². The Labute approximate surface area is 93.9 Å². The number of nitrogens with one attached hydrogen (secondary N) is 1. The number of rotatable bonds is 3. The summed E-state index contributed by atoms with van der Waals surface area (Å²) in [5, 5.41) is 2.27. The minimum atomic E-state index is -0.270. The van der Waals surface area contributed by atoms with E-state index in [1.807, 2.05) is 18.5 Å². The van der Waals surface area contributed by atoms with Gasteiger partial charge >= 0.3 is 0 Å². The van der Waals surface area contributed by atoms with Gasteiger partial charge in [0.05, 0.1) is 6.42 Å². The minimum Gasteiger partial charge on any atom is -0.354 e. The van der Waals surface area contributed by atoms with Crippen LogP contribution in [0.3, 0.4) is 0 Å². The molecule has 2 heterocycles. The maximum atomic E-state index is 11.3. The molecule has 1 fully saturated rings. The number of hydrogen-bond acceptors (Lipinski definition) is 2. The third kappa shape index (κ3) is 2.21. The normalized spacial score (nSPS) is 18.2. The Morgan fingerprint density at radius 1 is 1.50 bits per heavy atom. The van der Waals surface area contributed by atoms with E-state index in [0.29, 0.717) is 5.57 Å². The molecule has 0 saturated carbocycles. The third-order valence-corrected chi connectivity index (χ3v) is 2.49. The largest absolute Gasteiger partial charge is 0.354 e. The Bertz CT molecular complexity index is 457. The van der Waals surface area contributed by atoms with Gasteiger partial charge in [0.1, 0.15) is 0 Å². The Balaban J connectivity index is 2.16. The molecule has 1 saturated heterocycles. The van der Waals surface area contributed by atoms with Gasteiger partial charge in [-0.2, -0.15) is 0 Å². The van der Waals surface area contributed by atoms with E-state index in [1.165, 1.54) is 0 Å². The van der Waals surface area contributed by atoms with Crippen molar-refractivity contribution in [2.45, 2.75) is 26.3 Å². The smallest absolute Gasteiger partial charge is 0.254 e. The molecular formula is C12H14N2O2. The van der Waals surface area contributed by atoms with Crippen LogP contribution >= 0.6 is 0 Å². The average molecular weight is 218 g/mol. The van der Waals surface area contributed by atoms with E-state index < -0.39 is 0 Å². The van der Waals surface area contributed by atoms with Crippen LogP contribution in [0.2, 0.25) is 0 Å². The molecule has 0 radical (unpaired) electrons. The maximum absolute atomic E-state index is 11.3. The standard InChI is InChI=1S/C12H14N2O2/c1-2-4-14-5-3-9(8-14)6-10-7-11(15)13-12(10)16/h3,5-6,8H,2,4,7H2,1H3,(H,13,15,16). The van der Waals surface area contributed by atoms with Crippen molar-refractivity contribution in [1.82, 2.24) is 9.88 Å². The van der Waals surface area contributed by atoms with Gasteiger partial charge in [-0.3, -0.25) is 14.9 Å². The summed E-state index contributed by atoms with van der Waals surface area (Å²) >= 11 is 0. The number of amides is 2. The van der Waals surface area contributed by atoms with Gasteiger partial charge in [-0.05, 0) is 24.1 Å². The fourth-order valence-corrected chi connectivity index (χ4v) is 1.76. The van der Waals surface area contributed by atoms with Crippen molar-refractivity contribution >= 4 is 17.9 Å². The molecule has 4 nitrogen and oxygen atoms in total.